The Morgan fingerprint density at radius 2 is 2.14 bits per heavy atom. The van der Waals surface area contributed by atoms with Gasteiger partial charge in [-0.2, -0.15) is 0 Å². The van der Waals surface area contributed by atoms with Gasteiger partial charge in [0.1, 0.15) is 10.6 Å². The lowest BCUT2D eigenvalue weighted by Crippen LogP contribution is -2.26. The monoisotopic (exact) mass is 321 g/mol. The first-order valence-electron chi connectivity index (χ1n) is 6.22. The predicted octanol–water partition coefficient (Wildman–Crippen LogP) is -0.0678. The lowest BCUT2D eigenvalue weighted by Gasteiger charge is -2.12. The van der Waals surface area contributed by atoms with E-state index >= 15 is 0 Å². The number of hydrogen-bond donors (Lipinski definition) is 1. The van der Waals surface area contributed by atoms with Crippen molar-refractivity contribution in [3.05, 3.63) is 53.9 Å². The molecule has 0 aliphatic rings. The first-order valence-corrected chi connectivity index (χ1v) is 7.70. The van der Waals surface area contributed by atoms with Gasteiger partial charge in [0.25, 0.3) is 0 Å². The van der Waals surface area contributed by atoms with E-state index < -0.39 is 16.0 Å². The van der Waals surface area contributed by atoms with Gasteiger partial charge in [-0.15, -0.1) is 0 Å². The fraction of sp³-hybridized carbons (Fsp3) is 0.143. The molecule has 2 aromatic rings. The maximum atomic E-state index is 12.3. The minimum Gasteiger partial charge on any atom is -0.545 e. The van der Waals surface area contributed by atoms with Crippen molar-refractivity contribution in [3.63, 3.8) is 0 Å². The van der Waals surface area contributed by atoms with Crippen LogP contribution < -0.4 is 14.6 Å². The highest BCUT2D eigenvalue weighted by Crippen LogP contribution is 2.24. The normalized spacial score (nSPS) is 11.1. The Balaban J connectivity index is 2.31. The van der Waals surface area contributed by atoms with Crippen LogP contribution in [0.2, 0.25) is 0 Å². The van der Waals surface area contributed by atoms with Gasteiger partial charge in [0.2, 0.25) is 10.0 Å². The molecule has 22 heavy (non-hydrogen) atoms. The number of carboxylic acid groups (broad SMARTS) is 1. The van der Waals surface area contributed by atoms with E-state index in [-0.39, 0.29) is 22.8 Å². The number of carboxylic acids is 1. The van der Waals surface area contributed by atoms with Crippen molar-refractivity contribution in [2.75, 3.05) is 7.11 Å². The molecule has 0 spiro atoms. The van der Waals surface area contributed by atoms with Gasteiger partial charge in [-0.1, -0.05) is 6.07 Å². The van der Waals surface area contributed by atoms with Crippen molar-refractivity contribution in [1.82, 2.24) is 9.71 Å². The van der Waals surface area contributed by atoms with Crippen molar-refractivity contribution in [3.8, 4) is 5.75 Å². The Morgan fingerprint density at radius 3 is 2.73 bits per heavy atom. The molecule has 0 saturated carbocycles. The van der Waals surface area contributed by atoms with E-state index in [0.29, 0.717) is 5.56 Å². The fourth-order valence-electron chi connectivity index (χ4n) is 1.77. The molecule has 0 saturated heterocycles. The summed E-state index contributed by atoms with van der Waals surface area (Å²) >= 11 is 0. The van der Waals surface area contributed by atoms with Gasteiger partial charge in [0, 0.05) is 18.9 Å². The van der Waals surface area contributed by atoms with Crippen LogP contribution in [0.25, 0.3) is 0 Å². The Hall–Kier alpha value is -2.45. The Morgan fingerprint density at radius 1 is 1.36 bits per heavy atom. The zero-order valence-electron chi connectivity index (χ0n) is 11.6. The Kier molecular flexibility index (Phi) is 4.74. The van der Waals surface area contributed by atoms with Crippen LogP contribution >= 0.6 is 0 Å². The molecule has 0 atom stereocenters. The summed E-state index contributed by atoms with van der Waals surface area (Å²) in [5.74, 6) is -1.42. The second-order valence-electron chi connectivity index (χ2n) is 4.34. The van der Waals surface area contributed by atoms with Gasteiger partial charge in [-0.05, 0) is 35.4 Å². The molecule has 0 amide bonds. The minimum atomic E-state index is -3.95. The SMILES string of the molecule is COc1ccc(C(=O)[O-])cc1S(=O)(=O)NCc1cccnc1. The summed E-state index contributed by atoms with van der Waals surface area (Å²) in [5, 5.41) is 10.9. The third-order valence-corrected chi connectivity index (χ3v) is 4.30. The molecule has 1 N–H and O–H groups in total. The van der Waals surface area contributed by atoms with Crippen molar-refractivity contribution in [2.24, 2.45) is 0 Å². The van der Waals surface area contributed by atoms with Crippen LogP contribution in [0.5, 0.6) is 5.75 Å². The zero-order chi connectivity index (χ0) is 16.2. The van der Waals surface area contributed by atoms with Gasteiger partial charge in [-0.3, -0.25) is 4.98 Å². The number of nitrogens with zero attached hydrogens (tertiary/aromatic N) is 1. The molecule has 0 fully saturated rings. The van der Waals surface area contributed by atoms with E-state index in [2.05, 4.69) is 9.71 Å². The van der Waals surface area contributed by atoms with Crippen LogP contribution in [0.15, 0.2) is 47.6 Å². The highest BCUT2D eigenvalue weighted by Gasteiger charge is 2.20. The van der Waals surface area contributed by atoms with Gasteiger partial charge >= 0.3 is 0 Å². The van der Waals surface area contributed by atoms with Crippen molar-refractivity contribution in [2.45, 2.75) is 11.4 Å². The first-order chi connectivity index (χ1) is 10.4. The number of hydrogen-bond acceptors (Lipinski definition) is 6. The highest BCUT2D eigenvalue weighted by atomic mass is 32.2. The molecule has 1 aromatic carbocycles. The summed E-state index contributed by atoms with van der Waals surface area (Å²) in [6, 6.07) is 6.88. The number of nitrogens with one attached hydrogen (secondary N) is 1. The number of sulfonamides is 1. The number of aromatic carboxylic acids is 1. The van der Waals surface area contributed by atoms with Crippen LogP contribution in [0.1, 0.15) is 15.9 Å². The summed E-state index contributed by atoms with van der Waals surface area (Å²) in [6.45, 7) is 0.0227. The van der Waals surface area contributed by atoms with E-state index in [9.17, 15) is 18.3 Å². The summed E-state index contributed by atoms with van der Waals surface area (Å²) < 4.78 is 32.0. The second kappa shape index (κ2) is 6.54. The molecule has 0 bridgehead atoms. The Labute approximate surface area is 127 Å². The molecule has 0 aliphatic heterocycles. The number of carbonyl (C=O) groups is 1. The zero-order valence-corrected chi connectivity index (χ0v) is 12.5. The molecule has 116 valence electrons. The number of aromatic nitrogens is 1. The number of carbonyl (C=O) groups excluding carboxylic acids is 1. The van der Waals surface area contributed by atoms with E-state index in [1.54, 1.807) is 18.3 Å². The number of ether oxygens (including phenoxy) is 1. The van der Waals surface area contributed by atoms with Crippen LogP contribution in [-0.2, 0) is 16.6 Å². The molecule has 0 aliphatic carbocycles. The molecule has 1 heterocycles. The van der Waals surface area contributed by atoms with Crippen LogP contribution in [0.3, 0.4) is 0 Å². The fourth-order valence-corrected chi connectivity index (χ4v) is 2.98. The van der Waals surface area contributed by atoms with E-state index in [1.165, 1.54) is 25.4 Å². The average Bonchev–Trinajstić information content (AvgIpc) is 2.53. The average molecular weight is 321 g/mol. The summed E-state index contributed by atoms with van der Waals surface area (Å²) in [6.07, 6.45) is 3.10. The standard InChI is InChI=1S/C14H14N2O5S/c1-21-12-5-4-11(14(17)18)7-13(12)22(19,20)16-9-10-3-2-6-15-8-10/h2-8,16H,9H2,1H3,(H,17,18)/p-1. The van der Waals surface area contributed by atoms with Gasteiger partial charge in [0.05, 0.1) is 13.1 Å². The smallest absolute Gasteiger partial charge is 0.244 e. The molecule has 8 heteroatoms. The van der Waals surface area contributed by atoms with Crippen LogP contribution in [0.4, 0.5) is 0 Å². The molecular weight excluding hydrogens is 308 g/mol. The second-order valence-corrected chi connectivity index (χ2v) is 6.07. The van der Waals surface area contributed by atoms with Gasteiger partial charge in [0.15, 0.2) is 0 Å². The summed E-state index contributed by atoms with van der Waals surface area (Å²) in [5.41, 5.74) is 0.420. The van der Waals surface area contributed by atoms with Crippen molar-refractivity contribution < 1.29 is 23.1 Å². The predicted molar refractivity (Wildman–Crippen MR) is 75.6 cm³/mol. The topological polar surface area (TPSA) is 108 Å². The van der Waals surface area contributed by atoms with Gasteiger partial charge in [-0.25, -0.2) is 13.1 Å². The van der Waals surface area contributed by atoms with Crippen LogP contribution in [0, 0.1) is 0 Å². The third-order valence-electron chi connectivity index (χ3n) is 2.88. The quantitative estimate of drug-likeness (QED) is 0.798. The number of rotatable bonds is 6. The number of methoxy groups -OCH3 is 1. The number of pyridine rings is 1. The first kappa shape index (κ1) is 15.9. The van der Waals surface area contributed by atoms with E-state index in [1.807, 2.05) is 0 Å². The number of benzene rings is 1. The largest absolute Gasteiger partial charge is 0.545 e. The maximum Gasteiger partial charge on any atom is 0.244 e. The Bertz CT molecular complexity index is 775. The van der Waals surface area contributed by atoms with Crippen molar-refractivity contribution >= 4 is 16.0 Å². The highest BCUT2D eigenvalue weighted by molar-refractivity contribution is 7.89. The lowest BCUT2D eigenvalue weighted by molar-refractivity contribution is -0.255. The van der Waals surface area contributed by atoms with E-state index in [0.717, 1.165) is 6.07 Å². The molecule has 0 unspecified atom stereocenters. The summed E-state index contributed by atoms with van der Waals surface area (Å²) in [7, 11) is -2.65. The minimum absolute atomic E-state index is 0.0227. The van der Waals surface area contributed by atoms with Crippen LogP contribution in [-0.4, -0.2) is 26.5 Å². The molecule has 0 radical (unpaired) electrons. The molecule has 1 aromatic heterocycles. The van der Waals surface area contributed by atoms with E-state index in [4.69, 9.17) is 4.74 Å². The third kappa shape index (κ3) is 3.60. The lowest BCUT2D eigenvalue weighted by atomic mass is 10.2. The van der Waals surface area contributed by atoms with Gasteiger partial charge < -0.3 is 14.6 Å². The van der Waals surface area contributed by atoms with Crippen molar-refractivity contribution in [1.29, 1.82) is 0 Å². The summed E-state index contributed by atoms with van der Waals surface area (Å²) in [4.78, 5) is 14.5. The molecular formula is C14H13N2O5S-. The maximum absolute atomic E-state index is 12.3. The molecule has 7 nitrogen and oxygen atoms in total. The molecule has 2 rings (SSSR count).